The van der Waals surface area contributed by atoms with E-state index in [4.69, 9.17) is 10.2 Å². The lowest BCUT2D eigenvalue weighted by molar-refractivity contribution is -0.141. The highest BCUT2D eigenvalue weighted by Crippen LogP contribution is 2.35. The van der Waals surface area contributed by atoms with Gasteiger partial charge in [-0.3, -0.25) is 5.32 Å². The maximum atomic E-state index is 12.2. The summed E-state index contributed by atoms with van der Waals surface area (Å²) in [5.74, 6) is 0. The third-order valence-corrected chi connectivity index (χ3v) is 2.28. The second-order valence-electron chi connectivity index (χ2n) is 2.38. The number of thiazole rings is 1. The van der Waals surface area contributed by atoms with Gasteiger partial charge in [-0.1, -0.05) is 11.3 Å². The molecule has 0 unspecified atom stereocenters. The number of amides is 1. The van der Waals surface area contributed by atoms with Gasteiger partial charge in [0.1, 0.15) is 0 Å². The molecule has 0 aliphatic carbocycles. The van der Waals surface area contributed by atoms with Gasteiger partial charge in [0.15, 0.2) is 10.8 Å². The molecule has 0 aliphatic heterocycles. The zero-order valence-corrected chi connectivity index (χ0v) is 7.82. The maximum absolute atomic E-state index is 12.2. The minimum Gasteiger partial charge on any atom is -0.465 e. The number of aliphatic hydroxyl groups excluding tert-OH is 1. The van der Waals surface area contributed by atoms with Crippen LogP contribution in [0.2, 0.25) is 0 Å². The number of nitrogens with one attached hydrogen (secondary N) is 1. The van der Waals surface area contributed by atoms with E-state index in [-0.39, 0.29) is 0 Å². The molecule has 0 spiro atoms. The second kappa shape index (κ2) is 4.03. The van der Waals surface area contributed by atoms with Gasteiger partial charge in [-0.05, 0) is 0 Å². The molecule has 1 aromatic rings. The van der Waals surface area contributed by atoms with E-state index in [0.29, 0.717) is 11.3 Å². The van der Waals surface area contributed by atoms with Crippen LogP contribution in [0.5, 0.6) is 0 Å². The molecule has 0 atom stereocenters. The summed E-state index contributed by atoms with van der Waals surface area (Å²) in [5, 5.41) is 18.1. The number of aromatic nitrogens is 1. The van der Waals surface area contributed by atoms with Gasteiger partial charge in [0.05, 0.1) is 11.5 Å². The predicted molar refractivity (Wildman–Crippen MR) is 44.7 cm³/mol. The van der Waals surface area contributed by atoms with Crippen LogP contribution in [-0.2, 0) is 12.8 Å². The maximum Gasteiger partial charge on any atom is 0.434 e. The average molecular weight is 242 g/mol. The molecular formula is C6H5F3N2O3S. The first-order valence-electron chi connectivity index (χ1n) is 3.52. The van der Waals surface area contributed by atoms with Crippen LogP contribution in [0.3, 0.4) is 0 Å². The Morgan fingerprint density at radius 1 is 1.53 bits per heavy atom. The third-order valence-electron chi connectivity index (χ3n) is 1.32. The SMILES string of the molecule is O=C(O)Nc1nc(C(F)(F)F)c(CO)s1. The third kappa shape index (κ3) is 2.80. The van der Waals surface area contributed by atoms with E-state index in [1.165, 1.54) is 0 Å². The van der Waals surface area contributed by atoms with Crippen molar-refractivity contribution >= 4 is 22.6 Å². The number of hydrogen-bond donors (Lipinski definition) is 3. The molecular weight excluding hydrogens is 237 g/mol. The molecule has 0 saturated heterocycles. The number of aliphatic hydroxyl groups is 1. The Morgan fingerprint density at radius 3 is 2.47 bits per heavy atom. The van der Waals surface area contributed by atoms with Crippen molar-refractivity contribution in [3.8, 4) is 0 Å². The molecule has 1 aromatic heterocycles. The van der Waals surface area contributed by atoms with Crippen LogP contribution in [-0.4, -0.2) is 21.3 Å². The number of carboxylic acid groups (broad SMARTS) is 1. The summed E-state index contributed by atoms with van der Waals surface area (Å²) in [4.78, 5) is 12.7. The van der Waals surface area contributed by atoms with E-state index in [9.17, 15) is 18.0 Å². The van der Waals surface area contributed by atoms with Gasteiger partial charge in [-0.2, -0.15) is 13.2 Å². The smallest absolute Gasteiger partial charge is 0.434 e. The number of carbonyl (C=O) groups is 1. The standard InChI is InChI=1S/C6H5F3N2O3S/c7-6(8,9)3-2(1-12)15-4(10-3)11-5(13)14/h12H,1H2,(H,10,11)(H,13,14). The molecule has 0 radical (unpaired) electrons. The molecule has 5 nitrogen and oxygen atoms in total. The Balaban J connectivity index is 3.06. The lowest BCUT2D eigenvalue weighted by atomic mass is 10.4. The molecule has 15 heavy (non-hydrogen) atoms. The summed E-state index contributed by atoms with van der Waals surface area (Å²) in [5.41, 5.74) is -1.27. The summed E-state index contributed by atoms with van der Waals surface area (Å²) < 4.78 is 36.7. The fraction of sp³-hybridized carbons (Fsp3) is 0.333. The highest BCUT2D eigenvalue weighted by Gasteiger charge is 2.37. The summed E-state index contributed by atoms with van der Waals surface area (Å²) in [7, 11) is 0. The van der Waals surface area contributed by atoms with Crippen LogP contribution in [0.15, 0.2) is 0 Å². The Labute approximate surface area is 85.2 Å². The fourth-order valence-electron chi connectivity index (χ4n) is 0.825. The van der Waals surface area contributed by atoms with E-state index in [0.717, 1.165) is 0 Å². The average Bonchev–Trinajstić information content (AvgIpc) is 2.45. The van der Waals surface area contributed by atoms with E-state index in [2.05, 4.69) is 4.98 Å². The van der Waals surface area contributed by atoms with Gasteiger partial charge in [-0.25, -0.2) is 9.78 Å². The number of nitrogens with zero attached hydrogens (tertiary/aromatic N) is 1. The number of rotatable bonds is 2. The lowest BCUT2D eigenvalue weighted by Crippen LogP contribution is -2.10. The van der Waals surface area contributed by atoms with Crippen LogP contribution in [0.1, 0.15) is 10.6 Å². The van der Waals surface area contributed by atoms with Gasteiger partial charge in [-0.15, -0.1) is 0 Å². The van der Waals surface area contributed by atoms with Crippen LogP contribution >= 0.6 is 11.3 Å². The van der Waals surface area contributed by atoms with E-state index in [1.807, 2.05) is 0 Å². The fourth-order valence-corrected chi connectivity index (χ4v) is 1.66. The zero-order chi connectivity index (χ0) is 11.6. The van der Waals surface area contributed by atoms with Crippen molar-refractivity contribution in [1.82, 2.24) is 4.98 Å². The van der Waals surface area contributed by atoms with Gasteiger partial charge in [0.25, 0.3) is 0 Å². The first-order valence-corrected chi connectivity index (χ1v) is 4.34. The summed E-state index contributed by atoms with van der Waals surface area (Å²) in [6, 6.07) is 0. The van der Waals surface area contributed by atoms with Gasteiger partial charge in [0.2, 0.25) is 0 Å². The topological polar surface area (TPSA) is 82.5 Å². The molecule has 9 heteroatoms. The first-order chi connectivity index (χ1) is 6.84. The second-order valence-corrected chi connectivity index (χ2v) is 3.46. The van der Waals surface area contributed by atoms with Gasteiger partial charge in [0, 0.05) is 0 Å². The Kier molecular flexibility index (Phi) is 3.15. The van der Waals surface area contributed by atoms with Crippen molar-refractivity contribution in [2.45, 2.75) is 12.8 Å². The molecule has 1 heterocycles. The summed E-state index contributed by atoms with van der Waals surface area (Å²) in [6.45, 7) is -0.839. The van der Waals surface area contributed by atoms with Crippen molar-refractivity contribution < 1.29 is 28.2 Å². The molecule has 3 N–H and O–H groups in total. The molecule has 84 valence electrons. The quantitative estimate of drug-likeness (QED) is 0.737. The number of hydrogen-bond acceptors (Lipinski definition) is 4. The van der Waals surface area contributed by atoms with Crippen molar-refractivity contribution in [3.05, 3.63) is 10.6 Å². The highest BCUT2D eigenvalue weighted by molar-refractivity contribution is 7.15. The predicted octanol–water partition coefficient (Wildman–Crippen LogP) is 1.74. The Bertz CT molecular complexity index is 376. The minimum atomic E-state index is -4.70. The Hall–Kier alpha value is -1.35. The molecule has 1 amide bonds. The highest BCUT2D eigenvalue weighted by atomic mass is 32.1. The minimum absolute atomic E-state index is 0.418. The largest absolute Gasteiger partial charge is 0.465 e. The Morgan fingerprint density at radius 2 is 2.13 bits per heavy atom. The number of halogens is 3. The molecule has 0 bridgehead atoms. The van der Waals surface area contributed by atoms with Crippen molar-refractivity contribution in [3.63, 3.8) is 0 Å². The molecule has 1 rings (SSSR count). The van der Waals surface area contributed by atoms with Crippen LogP contribution in [0.25, 0.3) is 0 Å². The zero-order valence-electron chi connectivity index (χ0n) is 7.00. The first kappa shape index (κ1) is 11.7. The van der Waals surface area contributed by atoms with Gasteiger partial charge >= 0.3 is 12.3 Å². The summed E-state index contributed by atoms with van der Waals surface area (Å²) >= 11 is 0.442. The monoisotopic (exact) mass is 242 g/mol. The number of anilines is 1. The van der Waals surface area contributed by atoms with Crippen LogP contribution < -0.4 is 5.32 Å². The molecule has 0 aromatic carbocycles. The van der Waals surface area contributed by atoms with E-state index < -0.39 is 34.6 Å². The van der Waals surface area contributed by atoms with Crippen molar-refractivity contribution in [1.29, 1.82) is 0 Å². The van der Waals surface area contributed by atoms with E-state index in [1.54, 1.807) is 5.32 Å². The molecule has 0 aliphatic rings. The normalized spacial score (nSPS) is 11.5. The summed E-state index contributed by atoms with van der Waals surface area (Å²) in [6.07, 6.45) is -6.21. The van der Waals surface area contributed by atoms with Gasteiger partial charge < -0.3 is 10.2 Å². The van der Waals surface area contributed by atoms with Crippen LogP contribution in [0.4, 0.5) is 23.1 Å². The number of alkyl halides is 3. The lowest BCUT2D eigenvalue weighted by Gasteiger charge is -2.02. The van der Waals surface area contributed by atoms with Crippen LogP contribution in [0, 0.1) is 0 Å². The molecule has 0 saturated carbocycles. The van der Waals surface area contributed by atoms with E-state index >= 15 is 0 Å². The van der Waals surface area contributed by atoms with Crippen molar-refractivity contribution in [2.24, 2.45) is 0 Å². The van der Waals surface area contributed by atoms with Crippen molar-refractivity contribution in [2.75, 3.05) is 5.32 Å². The molecule has 0 fully saturated rings.